The zero-order chi connectivity index (χ0) is 22.4. The number of nitrogens with zero attached hydrogens (tertiary/aromatic N) is 4. The highest BCUT2D eigenvalue weighted by atomic mass is 35.5. The van der Waals surface area contributed by atoms with Gasteiger partial charge >= 0.3 is 0 Å². The molecule has 1 unspecified atom stereocenters. The molecule has 0 saturated heterocycles. The Hall–Kier alpha value is -3.00. The third-order valence-corrected chi connectivity index (χ3v) is 5.30. The summed E-state index contributed by atoms with van der Waals surface area (Å²) in [6, 6.07) is 4.17. The average Bonchev–Trinajstić information content (AvgIpc) is 3.15. The van der Waals surface area contributed by atoms with Crippen molar-refractivity contribution in [2.24, 2.45) is 0 Å². The van der Waals surface area contributed by atoms with E-state index in [0.29, 0.717) is 27.7 Å². The van der Waals surface area contributed by atoms with Crippen LogP contribution in [0.4, 0.5) is 11.5 Å². The van der Waals surface area contributed by atoms with Gasteiger partial charge in [-0.2, -0.15) is 0 Å². The van der Waals surface area contributed by atoms with Gasteiger partial charge in [-0.25, -0.2) is 15.0 Å². The number of hydrogen-bond acceptors (Lipinski definition) is 6. The van der Waals surface area contributed by atoms with Crippen LogP contribution < -0.4 is 10.6 Å². The highest BCUT2D eigenvalue weighted by molar-refractivity contribution is 6.33. The number of amides is 1. The average molecular weight is 443 g/mol. The Morgan fingerprint density at radius 2 is 1.97 bits per heavy atom. The molecule has 0 fully saturated rings. The standard InChI is InChI=1S/C22H27ClN6O2/c1-4-5-6-7-10-24-20-18-21(26-12-25-20)29(13-27-18)19(15(3)30)22(31)28-17-11-14(2)8-9-16(17)23/h8-9,11-13,19H,4-7,10H2,1-3H3,(H,28,31)(H,24,25,26). The topological polar surface area (TPSA) is 102 Å². The molecule has 0 spiro atoms. The molecule has 2 heterocycles. The van der Waals surface area contributed by atoms with Gasteiger partial charge in [0, 0.05) is 6.54 Å². The van der Waals surface area contributed by atoms with E-state index in [1.165, 1.54) is 37.0 Å². The van der Waals surface area contributed by atoms with Crippen LogP contribution >= 0.6 is 11.6 Å². The summed E-state index contributed by atoms with van der Waals surface area (Å²) in [5.41, 5.74) is 2.32. The van der Waals surface area contributed by atoms with Crippen LogP contribution in [0.1, 0.15) is 51.1 Å². The molecule has 3 rings (SSSR count). The molecule has 1 atom stereocenters. The maximum Gasteiger partial charge on any atom is 0.255 e. The minimum absolute atomic E-state index is 0.340. The Labute approximate surface area is 186 Å². The van der Waals surface area contributed by atoms with Crippen molar-refractivity contribution in [3.05, 3.63) is 41.4 Å². The van der Waals surface area contributed by atoms with E-state index in [4.69, 9.17) is 11.6 Å². The number of aromatic nitrogens is 4. The number of Topliss-reactive ketones (excluding diaryl/α,β-unsaturated/α-hetero) is 1. The van der Waals surface area contributed by atoms with E-state index in [1.807, 2.05) is 13.0 Å². The second-order valence-electron chi connectivity index (χ2n) is 7.52. The van der Waals surface area contributed by atoms with Gasteiger partial charge in [-0.3, -0.25) is 14.2 Å². The number of rotatable bonds is 10. The van der Waals surface area contributed by atoms with Crippen molar-refractivity contribution in [2.45, 2.75) is 52.5 Å². The van der Waals surface area contributed by atoms with Gasteiger partial charge in [-0.1, -0.05) is 43.9 Å². The largest absolute Gasteiger partial charge is 0.368 e. The lowest BCUT2D eigenvalue weighted by Gasteiger charge is -2.17. The number of halogens is 1. The molecule has 164 valence electrons. The molecule has 0 bridgehead atoms. The minimum Gasteiger partial charge on any atom is -0.368 e. The van der Waals surface area contributed by atoms with Gasteiger partial charge in [0.25, 0.3) is 5.91 Å². The molecule has 2 N–H and O–H groups in total. The number of hydrogen-bond donors (Lipinski definition) is 2. The van der Waals surface area contributed by atoms with Crippen LogP contribution in [-0.2, 0) is 9.59 Å². The van der Waals surface area contributed by atoms with E-state index in [-0.39, 0.29) is 5.78 Å². The van der Waals surface area contributed by atoms with Crippen LogP contribution in [0.25, 0.3) is 11.2 Å². The Morgan fingerprint density at radius 3 is 2.71 bits per heavy atom. The number of carbonyl (C=O) groups excluding carboxylic acids is 2. The van der Waals surface area contributed by atoms with Crippen molar-refractivity contribution in [3.8, 4) is 0 Å². The fraction of sp³-hybridized carbons (Fsp3) is 0.409. The molecule has 3 aromatic rings. The predicted octanol–water partition coefficient (Wildman–Crippen LogP) is 4.55. The number of fused-ring (bicyclic) bond motifs is 1. The normalized spacial score (nSPS) is 12.0. The molecule has 8 nitrogen and oxygen atoms in total. The molecule has 9 heteroatoms. The maximum absolute atomic E-state index is 13.0. The van der Waals surface area contributed by atoms with Crippen molar-refractivity contribution in [2.75, 3.05) is 17.2 Å². The molecule has 2 aromatic heterocycles. The number of ketones is 1. The van der Waals surface area contributed by atoms with Crippen LogP contribution in [0.2, 0.25) is 5.02 Å². The highest BCUT2D eigenvalue weighted by Gasteiger charge is 2.28. The first-order chi connectivity index (χ1) is 14.9. The number of imidazole rings is 1. The summed E-state index contributed by atoms with van der Waals surface area (Å²) in [7, 11) is 0. The van der Waals surface area contributed by atoms with E-state index in [1.54, 1.807) is 12.1 Å². The molecule has 1 aromatic carbocycles. The molecule has 0 radical (unpaired) electrons. The van der Waals surface area contributed by atoms with Gasteiger partial charge in [0.05, 0.1) is 17.0 Å². The lowest BCUT2D eigenvalue weighted by atomic mass is 10.1. The van der Waals surface area contributed by atoms with Crippen molar-refractivity contribution in [3.63, 3.8) is 0 Å². The number of nitrogens with one attached hydrogen (secondary N) is 2. The van der Waals surface area contributed by atoms with Gasteiger partial charge in [0.1, 0.15) is 11.8 Å². The molecule has 0 aliphatic carbocycles. The second kappa shape index (κ2) is 10.3. The van der Waals surface area contributed by atoms with Crippen LogP contribution in [0, 0.1) is 6.92 Å². The maximum atomic E-state index is 13.0. The zero-order valence-electron chi connectivity index (χ0n) is 18.0. The quantitative estimate of drug-likeness (QED) is 0.353. The third kappa shape index (κ3) is 5.38. The Balaban J connectivity index is 1.85. The van der Waals surface area contributed by atoms with E-state index >= 15 is 0 Å². The number of unbranched alkanes of at least 4 members (excludes halogenated alkanes) is 3. The number of benzene rings is 1. The smallest absolute Gasteiger partial charge is 0.255 e. The van der Waals surface area contributed by atoms with Gasteiger partial charge in [0.15, 0.2) is 23.3 Å². The number of carbonyl (C=O) groups is 2. The van der Waals surface area contributed by atoms with E-state index in [9.17, 15) is 9.59 Å². The lowest BCUT2D eigenvalue weighted by Crippen LogP contribution is -2.31. The highest BCUT2D eigenvalue weighted by Crippen LogP contribution is 2.26. The Kier molecular flexibility index (Phi) is 7.57. The fourth-order valence-corrected chi connectivity index (χ4v) is 3.54. The summed E-state index contributed by atoms with van der Waals surface area (Å²) in [6.45, 7) is 6.19. The van der Waals surface area contributed by atoms with Crippen LogP contribution in [0.3, 0.4) is 0 Å². The molecule has 1 amide bonds. The summed E-state index contributed by atoms with van der Waals surface area (Å²) in [6.07, 6.45) is 7.38. The van der Waals surface area contributed by atoms with E-state index in [0.717, 1.165) is 24.9 Å². The number of aryl methyl sites for hydroxylation is 1. The van der Waals surface area contributed by atoms with Crippen molar-refractivity contribution in [1.82, 2.24) is 19.5 Å². The summed E-state index contributed by atoms with van der Waals surface area (Å²) < 4.78 is 1.47. The van der Waals surface area contributed by atoms with Crippen LogP contribution in [-0.4, -0.2) is 37.8 Å². The lowest BCUT2D eigenvalue weighted by molar-refractivity contribution is -0.128. The molecular weight excluding hydrogens is 416 g/mol. The second-order valence-corrected chi connectivity index (χ2v) is 7.93. The first kappa shape index (κ1) is 22.7. The minimum atomic E-state index is -1.13. The first-order valence-corrected chi connectivity index (χ1v) is 10.8. The summed E-state index contributed by atoms with van der Waals surface area (Å²) in [5, 5.41) is 6.43. The summed E-state index contributed by atoms with van der Waals surface area (Å²) in [4.78, 5) is 38.4. The van der Waals surface area contributed by atoms with Gasteiger partial charge in [-0.05, 0) is 38.0 Å². The molecular formula is C22H27ClN6O2. The Bertz CT molecular complexity index is 1080. The van der Waals surface area contributed by atoms with Crippen molar-refractivity contribution in [1.29, 1.82) is 0 Å². The molecule has 0 saturated carbocycles. The summed E-state index contributed by atoms with van der Waals surface area (Å²) >= 11 is 6.20. The SMILES string of the molecule is CCCCCCNc1ncnc2c1ncn2C(C(C)=O)C(=O)Nc1cc(C)ccc1Cl. The monoisotopic (exact) mass is 442 g/mol. The molecule has 0 aliphatic rings. The molecule has 0 aliphatic heterocycles. The first-order valence-electron chi connectivity index (χ1n) is 10.4. The Morgan fingerprint density at radius 1 is 1.16 bits per heavy atom. The van der Waals surface area contributed by atoms with Crippen molar-refractivity contribution >= 4 is 46.0 Å². The van der Waals surface area contributed by atoms with Gasteiger partial charge < -0.3 is 10.6 Å². The van der Waals surface area contributed by atoms with E-state index in [2.05, 4.69) is 32.5 Å². The van der Waals surface area contributed by atoms with Crippen molar-refractivity contribution < 1.29 is 9.59 Å². The fourth-order valence-electron chi connectivity index (χ4n) is 3.37. The zero-order valence-corrected chi connectivity index (χ0v) is 18.7. The predicted molar refractivity (Wildman–Crippen MR) is 122 cm³/mol. The molecule has 31 heavy (non-hydrogen) atoms. The van der Waals surface area contributed by atoms with Gasteiger partial charge in [-0.15, -0.1) is 0 Å². The number of anilines is 2. The van der Waals surface area contributed by atoms with Crippen LogP contribution in [0.5, 0.6) is 0 Å². The van der Waals surface area contributed by atoms with E-state index < -0.39 is 11.9 Å². The van der Waals surface area contributed by atoms with Crippen LogP contribution in [0.15, 0.2) is 30.9 Å². The third-order valence-electron chi connectivity index (χ3n) is 4.97. The van der Waals surface area contributed by atoms with Gasteiger partial charge in [0.2, 0.25) is 0 Å². The summed E-state index contributed by atoms with van der Waals surface area (Å²) in [5.74, 6) is -0.259.